The van der Waals surface area contributed by atoms with Crippen LogP contribution in [0, 0.1) is 0 Å². The Morgan fingerprint density at radius 2 is 1.78 bits per heavy atom. The van der Waals surface area contributed by atoms with Gasteiger partial charge in [0, 0.05) is 41.9 Å². The minimum Gasteiger partial charge on any atom is -0.478 e. The summed E-state index contributed by atoms with van der Waals surface area (Å²) in [5.74, 6) is -0.222. The van der Waals surface area contributed by atoms with E-state index >= 15 is 0 Å². The molecule has 0 amide bonds. The van der Waals surface area contributed by atoms with Crippen molar-refractivity contribution in [3.63, 3.8) is 0 Å². The van der Waals surface area contributed by atoms with Gasteiger partial charge in [-0.2, -0.15) is 4.99 Å². The fraction of sp³-hybridized carbons (Fsp3) is 0.300. The van der Waals surface area contributed by atoms with Crippen molar-refractivity contribution in [2.24, 2.45) is 4.99 Å². The summed E-state index contributed by atoms with van der Waals surface area (Å²) in [6.45, 7) is 12.1. The van der Waals surface area contributed by atoms with E-state index < -0.39 is 5.97 Å². The van der Waals surface area contributed by atoms with E-state index in [9.17, 15) is 9.90 Å². The summed E-state index contributed by atoms with van der Waals surface area (Å²) in [6.07, 6.45) is 0.432. The zero-order valence-electron chi connectivity index (χ0n) is 21.7. The first-order valence-electron chi connectivity index (χ1n) is 12.7. The van der Waals surface area contributed by atoms with Gasteiger partial charge in [-0.05, 0) is 87.8 Å². The van der Waals surface area contributed by atoms with E-state index in [1.54, 1.807) is 12.1 Å². The molecule has 0 saturated carbocycles. The second-order valence-electron chi connectivity index (χ2n) is 8.81. The van der Waals surface area contributed by atoms with Crippen LogP contribution in [0.1, 0.15) is 49.2 Å². The highest BCUT2D eigenvalue weighted by Crippen LogP contribution is 2.36. The maximum absolute atomic E-state index is 12.1. The molecule has 0 spiro atoms. The number of nitrogens with zero attached hydrogens (tertiary/aromatic N) is 3. The number of benzene rings is 3. The number of carbonyl (C=O) groups is 1. The second kappa shape index (κ2) is 11.5. The average Bonchev–Trinajstić information content (AvgIpc) is 2.90. The molecule has 7 heteroatoms. The van der Waals surface area contributed by atoms with E-state index in [4.69, 9.17) is 16.6 Å². The highest BCUT2D eigenvalue weighted by atomic mass is 32.1. The summed E-state index contributed by atoms with van der Waals surface area (Å²) < 4.78 is 8.79. The van der Waals surface area contributed by atoms with Crippen LogP contribution in [0.5, 0.6) is 0 Å². The maximum atomic E-state index is 12.1. The molecule has 6 nitrogen and oxygen atoms in total. The van der Waals surface area contributed by atoms with Crippen molar-refractivity contribution in [3.05, 3.63) is 76.6 Å². The first kappa shape index (κ1) is 26.3. The monoisotopic (exact) mass is 514 g/mol. The third-order valence-corrected chi connectivity index (χ3v) is 7.01. The van der Waals surface area contributed by atoms with Gasteiger partial charge in [0.1, 0.15) is 24.4 Å². The summed E-state index contributed by atoms with van der Waals surface area (Å²) in [5.41, 5.74) is 5.25. The SMILES string of the molecule is CCN(CC)c1ccc2c(Cc3ccc(N=C=S)cc3C(=O)O)c3ccc(=[N+](CC)CC)cc-3oc2c1. The van der Waals surface area contributed by atoms with E-state index in [-0.39, 0.29) is 5.56 Å². The number of carboxylic acids is 1. The highest BCUT2D eigenvalue weighted by molar-refractivity contribution is 7.78. The number of hydrogen-bond acceptors (Lipinski definition) is 5. The molecular formula is C30H32N3O3S+. The summed E-state index contributed by atoms with van der Waals surface area (Å²) in [4.78, 5) is 18.4. The first-order valence-corrected chi connectivity index (χ1v) is 13.1. The van der Waals surface area contributed by atoms with Crippen molar-refractivity contribution >= 4 is 45.7 Å². The van der Waals surface area contributed by atoms with Gasteiger partial charge in [0.2, 0.25) is 5.36 Å². The quantitative estimate of drug-likeness (QED) is 0.124. The zero-order valence-corrected chi connectivity index (χ0v) is 22.6. The van der Waals surface area contributed by atoms with Gasteiger partial charge in [-0.1, -0.05) is 6.07 Å². The summed E-state index contributed by atoms with van der Waals surface area (Å²) >= 11 is 4.70. The largest absolute Gasteiger partial charge is 0.478 e. The van der Waals surface area contributed by atoms with Crippen molar-refractivity contribution in [2.45, 2.75) is 34.1 Å². The predicted molar refractivity (Wildman–Crippen MR) is 154 cm³/mol. The van der Waals surface area contributed by atoms with Crippen molar-refractivity contribution in [2.75, 3.05) is 31.1 Å². The van der Waals surface area contributed by atoms with Crippen LogP contribution in [-0.2, 0) is 6.42 Å². The van der Waals surface area contributed by atoms with E-state index in [0.717, 1.165) is 65.1 Å². The fourth-order valence-electron chi connectivity index (χ4n) is 4.94. The molecule has 1 aliphatic carbocycles. The first-order chi connectivity index (χ1) is 17.9. The number of aromatic carboxylic acids is 1. The Morgan fingerprint density at radius 3 is 2.43 bits per heavy atom. The molecule has 37 heavy (non-hydrogen) atoms. The molecule has 1 heterocycles. The van der Waals surface area contributed by atoms with Gasteiger partial charge in [0.05, 0.1) is 22.5 Å². The van der Waals surface area contributed by atoms with Crippen LogP contribution in [-0.4, -0.2) is 42.4 Å². The Bertz CT molecular complexity index is 1540. The molecule has 0 bridgehead atoms. The lowest BCUT2D eigenvalue weighted by Gasteiger charge is -2.22. The molecule has 1 aliphatic heterocycles. The number of carboxylic acid groups (broad SMARTS) is 1. The minimum absolute atomic E-state index is 0.202. The van der Waals surface area contributed by atoms with Crippen molar-refractivity contribution < 1.29 is 14.3 Å². The van der Waals surface area contributed by atoms with Gasteiger partial charge in [0.25, 0.3) is 0 Å². The standard InChI is InChI=1S/C30H31N3O3S/c1-5-32(6-2)22-11-13-24-27(15-20-9-10-21(31-19-37)16-26(20)30(34)35)25-14-12-23(33(7-3)8-4)18-29(25)36-28(24)17-22/h9-14,16-18H,5-8,15H2,1-4H3/p+1. The zero-order chi connectivity index (χ0) is 26.5. The number of isothiocyanates is 1. The Morgan fingerprint density at radius 1 is 1.03 bits per heavy atom. The third kappa shape index (κ3) is 5.33. The topological polar surface area (TPSA) is 69.1 Å². The van der Waals surface area contributed by atoms with Crippen molar-refractivity contribution in [1.82, 2.24) is 4.58 Å². The summed E-state index contributed by atoms with van der Waals surface area (Å²) in [6, 6.07) is 17.7. The number of fused-ring (bicyclic) bond motifs is 2. The van der Waals surface area contributed by atoms with Crippen molar-refractivity contribution in [1.29, 1.82) is 0 Å². The lowest BCUT2D eigenvalue weighted by molar-refractivity contribution is 0.0696. The third-order valence-electron chi connectivity index (χ3n) is 6.92. The molecule has 0 radical (unpaired) electrons. The van der Waals surface area contributed by atoms with Crippen LogP contribution in [0.25, 0.3) is 22.3 Å². The second-order valence-corrected chi connectivity index (χ2v) is 9.00. The van der Waals surface area contributed by atoms with Gasteiger partial charge in [-0.15, -0.1) is 0 Å². The Hall–Kier alpha value is -3.80. The van der Waals surface area contributed by atoms with Crippen LogP contribution < -0.4 is 14.8 Å². The normalized spacial score (nSPS) is 10.9. The fourth-order valence-corrected chi connectivity index (χ4v) is 5.05. The van der Waals surface area contributed by atoms with E-state index in [2.05, 4.69) is 83.7 Å². The number of thiocarbonyl (C=S) groups is 1. The Labute approximate surface area is 222 Å². The van der Waals surface area contributed by atoms with Crippen molar-refractivity contribution in [3.8, 4) is 11.3 Å². The molecule has 1 N–H and O–H groups in total. The van der Waals surface area contributed by atoms with E-state index in [1.807, 2.05) is 6.07 Å². The van der Waals surface area contributed by atoms with Gasteiger partial charge < -0.3 is 14.4 Å². The molecule has 2 aromatic rings. The van der Waals surface area contributed by atoms with Crippen LogP contribution >= 0.6 is 12.2 Å². The van der Waals surface area contributed by atoms with Gasteiger partial charge in [-0.25, -0.2) is 9.37 Å². The summed E-state index contributed by atoms with van der Waals surface area (Å²) in [5, 5.41) is 14.3. The Balaban J connectivity index is 2.00. The number of aliphatic imine (C=N–C) groups is 1. The molecule has 0 saturated heterocycles. The number of rotatable bonds is 9. The molecule has 0 aromatic heterocycles. The average molecular weight is 515 g/mol. The molecule has 4 rings (SSSR count). The molecule has 2 aliphatic rings. The van der Waals surface area contributed by atoms with Gasteiger partial charge in [-0.3, -0.25) is 0 Å². The number of anilines is 1. The smallest absolute Gasteiger partial charge is 0.336 e. The van der Waals surface area contributed by atoms with Crippen LogP contribution in [0.4, 0.5) is 11.4 Å². The molecule has 0 unspecified atom stereocenters. The maximum Gasteiger partial charge on any atom is 0.336 e. The lowest BCUT2D eigenvalue weighted by Crippen LogP contribution is -2.29. The van der Waals surface area contributed by atoms with Crippen LogP contribution in [0.15, 0.2) is 64.0 Å². The van der Waals surface area contributed by atoms with Crippen LogP contribution in [0.3, 0.4) is 0 Å². The van der Waals surface area contributed by atoms with Gasteiger partial charge >= 0.3 is 5.97 Å². The van der Waals surface area contributed by atoms with Gasteiger partial charge in [0.15, 0.2) is 0 Å². The Kier molecular flexibility index (Phi) is 8.17. The molecule has 0 atom stereocenters. The predicted octanol–water partition coefficient (Wildman–Crippen LogP) is 6.22. The van der Waals surface area contributed by atoms with Crippen LogP contribution in [0.2, 0.25) is 0 Å². The highest BCUT2D eigenvalue weighted by Gasteiger charge is 2.20. The molecular weight excluding hydrogens is 482 g/mol. The lowest BCUT2D eigenvalue weighted by atomic mass is 9.91. The number of hydrogen-bond donors (Lipinski definition) is 1. The van der Waals surface area contributed by atoms with E-state index in [1.165, 1.54) is 0 Å². The molecule has 0 fully saturated rings. The molecule has 2 aromatic carbocycles. The van der Waals surface area contributed by atoms with E-state index in [0.29, 0.717) is 17.7 Å². The minimum atomic E-state index is -1.00. The summed E-state index contributed by atoms with van der Waals surface area (Å²) in [7, 11) is 0. The molecule has 190 valence electrons.